The van der Waals surface area contributed by atoms with E-state index in [1.165, 1.54) is 13.5 Å². The topological polar surface area (TPSA) is 81.4 Å². The summed E-state index contributed by atoms with van der Waals surface area (Å²) >= 11 is 0. The molecule has 0 aromatic heterocycles. The average Bonchev–Trinajstić information content (AvgIpc) is 2.62. The van der Waals surface area contributed by atoms with E-state index in [0.717, 1.165) is 31.2 Å². The first-order valence-corrected chi connectivity index (χ1v) is 8.70. The summed E-state index contributed by atoms with van der Waals surface area (Å²) in [7, 11) is 1.36. The van der Waals surface area contributed by atoms with Crippen molar-refractivity contribution in [3.63, 3.8) is 0 Å². The van der Waals surface area contributed by atoms with Crippen molar-refractivity contribution in [2.24, 2.45) is 11.1 Å². The second-order valence-electron chi connectivity index (χ2n) is 6.75. The molecule has 5 nitrogen and oxygen atoms in total. The fourth-order valence-electron chi connectivity index (χ4n) is 3.53. The van der Waals surface area contributed by atoms with E-state index >= 15 is 0 Å². The van der Waals surface area contributed by atoms with Crippen LogP contribution in [-0.2, 0) is 14.3 Å². The number of amides is 1. The normalized spacial score (nSPS) is 17.8. The Labute approximate surface area is 143 Å². The summed E-state index contributed by atoms with van der Waals surface area (Å²) in [6.45, 7) is 0.535. The van der Waals surface area contributed by atoms with E-state index in [2.05, 4.69) is 5.32 Å². The number of benzene rings is 1. The quantitative estimate of drug-likeness (QED) is 0.752. The van der Waals surface area contributed by atoms with Gasteiger partial charge in [-0.2, -0.15) is 0 Å². The smallest absolute Gasteiger partial charge is 0.307 e. The second kappa shape index (κ2) is 8.83. The zero-order valence-electron chi connectivity index (χ0n) is 14.4. The largest absolute Gasteiger partial charge is 0.469 e. The Morgan fingerprint density at radius 1 is 1.21 bits per heavy atom. The van der Waals surface area contributed by atoms with E-state index in [0.29, 0.717) is 13.0 Å². The molecule has 1 aliphatic carbocycles. The third-order valence-electron chi connectivity index (χ3n) is 5.02. The Morgan fingerprint density at radius 3 is 2.46 bits per heavy atom. The van der Waals surface area contributed by atoms with Gasteiger partial charge in [0.25, 0.3) is 0 Å². The molecule has 0 aliphatic heterocycles. The van der Waals surface area contributed by atoms with Crippen LogP contribution in [0.15, 0.2) is 30.3 Å². The van der Waals surface area contributed by atoms with Gasteiger partial charge in [-0.25, -0.2) is 0 Å². The van der Waals surface area contributed by atoms with Gasteiger partial charge in [-0.3, -0.25) is 9.59 Å². The van der Waals surface area contributed by atoms with Crippen LogP contribution in [0.4, 0.5) is 0 Å². The Hall–Kier alpha value is -1.88. The molecule has 0 bridgehead atoms. The van der Waals surface area contributed by atoms with E-state index in [1.807, 2.05) is 30.3 Å². The summed E-state index contributed by atoms with van der Waals surface area (Å²) in [6.07, 6.45) is 6.05. The molecule has 132 valence electrons. The van der Waals surface area contributed by atoms with Crippen molar-refractivity contribution in [2.45, 2.75) is 51.0 Å². The van der Waals surface area contributed by atoms with Gasteiger partial charge in [0.15, 0.2) is 0 Å². The lowest BCUT2D eigenvalue weighted by Crippen LogP contribution is -2.40. The Morgan fingerprint density at radius 2 is 1.88 bits per heavy atom. The monoisotopic (exact) mass is 332 g/mol. The molecule has 1 unspecified atom stereocenters. The van der Waals surface area contributed by atoms with Gasteiger partial charge < -0.3 is 15.8 Å². The van der Waals surface area contributed by atoms with Crippen LogP contribution >= 0.6 is 0 Å². The zero-order valence-corrected chi connectivity index (χ0v) is 14.4. The van der Waals surface area contributed by atoms with E-state index in [9.17, 15) is 9.59 Å². The van der Waals surface area contributed by atoms with Crippen molar-refractivity contribution in [2.75, 3.05) is 13.7 Å². The standard InChI is InChI=1S/C19H28N2O3/c1-24-18(23)12-16(15-8-4-2-5-9-15)21-17(22)13-19(14-20)10-6-3-7-11-19/h2,4-5,8-9,16H,3,6-7,10-14,20H2,1H3,(H,21,22). The minimum Gasteiger partial charge on any atom is -0.469 e. The van der Waals surface area contributed by atoms with Crippen LogP contribution in [0.2, 0.25) is 0 Å². The third kappa shape index (κ3) is 5.06. The fourth-order valence-corrected chi connectivity index (χ4v) is 3.53. The second-order valence-corrected chi connectivity index (χ2v) is 6.75. The molecule has 1 aliphatic rings. The number of rotatable bonds is 7. The maximum absolute atomic E-state index is 12.6. The van der Waals surface area contributed by atoms with Crippen LogP contribution in [0, 0.1) is 5.41 Å². The van der Waals surface area contributed by atoms with Gasteiger partial charge in [-0.1, -0.05) is 49.6 Å². The Balaban J connectivity index is 2.05. The van der Waals surface area contributed by atoms with E-state index in [-0.39, 0.29) is 29.8 Å². The lowest BCUT2D eigenvalue weighted by Gasteiger charge is -2.36. The molecule has 0 radical (unpaired) electrons. The van der Waals surface area contributed by atoms with Crippen molar-refractivity contribution in [1.29, 1.82) is 0 Å². The average molecular weight is 332 g/mol. The number of ether oxygens (including phenoxy) is 1. The first-order valence-electron chi connectivity index (χ1n) is 8.70. The molecule has 0 heterocycles. The van der Waals surface area contributed by atoms with Gasteiger partial charge in [0.05, 0.1) is 19.6 Å². The summed E-state index contributed by atoms with van der Waals surface area (Å²) < 4.78 is 4.76. The molecule has 1 fully saturated rings. The molecule has 2 rings (SSSR count). The molecule has 24 heavy (non-hydrogen) atoms. The molecule has 1 aromatic carbocycles. The first-order chi connectivity index (χ1) is 11.6. The maximum atomic E-state index is 12.6. The fraction of sp³-hybridized carbons (Fsp3) is 0.579. The Bertz CT molecular complexity index is 539. The highest BCUT2D eigenvalue weighted by atomic mass is 16.5. The highest BCUT2D eigenvalue weighted by Crippen LogP contribution is 2.38. The molecule has 1 atom stereocenters. The number of hydrogen-bond donors (Lipinski definition) is 2. The molecule has 0 spiro atoms. The minimum atomic E-state index is -0.371. The SMILES string of the molecule is COC(=O)CC(NC(=O)CC1(CN)CCCCC1)c1ccccc1. The van der Waals surface area contributed by atoms with Crippen LogP contribution < -0.4 is 11.1 Å². The number of nitrogens with one attached hydrogen (secondary N) is 1. The molecule has 1 saturated carbocycles. The Kier molecular flexibility index (Phi) is 6.79. The van der Waals surface area contributed by atoms with Crippen molar-refractivity contribution in [1.82, 2.24) is 5.32 Å². The van der Waals surface area contributed by atoms with Gasteiger partial charge >= 0.3 is 5.97 Å². The molecule has 1 aromatic rings. The van der Waals surface area contributed by atoms with Crippen molar-refractivity contribution < 1.29 is 14.3 Å². The summed E-state index contributed by atoms with van der Waals surface area (Å²) in [5.41, 5.74) is 6.79. The number of carbonyl (C=O) groups excluding carboxylic acids is 2. The molecule has 5 heteroatoms. The number of methoxy groups -OCH3 is 1. The lowest BCUT2D eigenvalue weighted by molar-refractivity contribution is -0.141. The van der Waals surface area contributed by atoms with E-state index in [1.54, 1.807) is 0 Å². The van der Waals surface area contributed by atoms with Crippen LogP contribution in [0.3, 0.4) is 0 Å². The molecular formula is C19H28N2O3. The predicted molar refractivity (Wildman–Crippen MR) is 93.1 cm³/mol. The van der Waals surface area contributed by atoms with Gasteiger partial charge in [0.2, 0.25) is 5.91 Å². The van der Waals surface area contributed by atoms with Crippen LogP contribution in [0.25, 0.3) is 0 Å². The number of nitrogens with two attached hydrogens (primary N) is 1. The van der Waals surface area contributed by atoms with Crippen molar-refractivity contribution in [3.05, 3.63) is 35.9 Å². The van der Waals surface area contributed by atoms with Gasteiger partial charge in [-0.15, -0.1) is 0 Å². The van der Waals surface area contributed by atoms with Crippen molar-refractivity contribution >= 4 is 11.9 Å². The number of hydrogen-bond acceptors (Lipinski definition) is 4. The van der Waals surface area contributed by atoms with E-state index in [4.69, 9.17) is 10.5 Å². The minimum absolute atomic E-state index is 0.0416. The number of esters is 1. The summed E-state index contributed by atoms with van der Waals surface area (Å²) in [5.74, 6) is -0.379. The summed E-state index contributed by atoms with van der Waals surface area (Å²) in [5, 5.41) is 3.01. The number of carbonyl (C=O) groups is 2. The summed E-state index contributed by atoms with van der Waals surface area (Å²) in [4.78, 5) is 24.3. The lowest BCUT2D eigenvalue weighted by atomic mass is 9.71. The molecule has 0 saturated heterocycles. The highest BCUT2D eigenvalue weighted by molar-refractivity contribution is 5.78. The van der Waals surface area contributed by atoms with Gasteiger partial charge in [0.1, 0.15) is 0 Å². The van der Waals surface area contributed by atoms with Crippen molar-refractivity contribution in [3.8, 4) is 0 Å². The molecular weight excluding hydrogens is 304 g/mol. The highest BCUT2D eigenvalue weighted by Gasteiger charge is 2.33. The molecule has 3 N–H and O–H groups in total. The first kappa shape index (κ1) is 18.5. The van der Waals surface area contributed by atoms with Gasteiger partial charge in [0, 0.05) is 6.42 Å². The van der Waals surface area contributed by atoms with Crippen LogP contribution in [0.1, 0.15) is 56.6 Å². The predicted octanol–water partition coefficient (Wildman–Crippen LogP) is 2.71. The van der Waals surface area contributed by atoms with E-state index < -0.39 is 0 Å². The maximum Gasteiger partial charge on any atom is 0.307 e. The van der Waals surface area contributed by atoms with Gasteiger partial charge in [-0.05, 0) is 30.4 Å². The molecule has 1 amide bonds. The van der Waals surface area contributed by atoms with Crippen LogP contribution in [0.5, 0.6) is 0 Å². The zero-order chi connectivity index (χ0) is 17.4. The summed E-state index contributed by atoms with van der Waals surface area (Å²) in [6, 6.07) is 9.15. The van der Waals surface area contributed by atoms with Crippen LogP contribution in [-0.4, -0.2) is 25.5 Å². The third-order valence-corrected chi connectivity index (χ3v) is 5.02.